The van der Waals surface area contributed by atoms with E-state index >= 15 is 0 Å². The minimum Gasteiger partial charge on any atom is -0.458 e. The molecule has 1 amide bonds. The lowest BCUT2D eigenvalue weighted by Crippen LogP contribution is -2.31. The topological polar surface area (TPSA) is 68.2 Å². The summed E-state index contributed by atoms with van der Waals surface area (Å²) in [7, 11) is 0. The zero-order chi connectivity index (χ0) is 14.7. The van der Waals surface area contributed by atoms with Crippen molar-refractivity contribution < 1.29 is 9.53 Å². The maximum Gasteiger partial charge on any atom is 0.316 e. The molecule has 2 aromatic heterocycles. The van der Waals surface area contributed by atoms with Crippen molar-refractivity contribution in [1.82, 2.24) is 19.9 Å². The Kier molecular flexibility index (Phi) is 3.96. The Labute approximate surface area is 126 Å². The Morgan fingerprint density at radius 2 is 2.14 bits per heavy atom. The summed E-state index contributed by atoms with van der Waals surface area (Å²) in [4.78, 5) is 26.0. The molecule has 1 aliphatic rings. The SMILES string of the molecule is O=C(c1cccnc1)N1CCC(Oc2ncc(Cl)cn2)C1. The van der Waals surface area contributed by atoms with Crippen molar-refractivity contribution in [3.05, 3.63) is 47.5 Å². The number of nitrogens with zero attached hydrogens (tertiary/aromatic N) is 4. The number of carbonyl (C=O) groups is 1. The number of likely N-dealkylation sites (tertiary alicyclic amines) is 1. The van der Waals surface area contributed by atoms with Crippen molar-refractivity contribution >= 4 is 17.5 Å². The lowest BCUT2D eigenvalue weighted by molar-refractivity contribution is 0.0769. The minimum atomic E-state index is -0.105. The Balaban J connectivity index is 1.60. The molecule has 0 aliphatic carbocycles. The van der Waals surface area contributed by atoms with Gasteiger partial charge in [-0.3, -0.25) is 9.78 Å². The molecule has 1 aliphatic heterocycles. The van der Waals surface area contributed by atoms with Crippen LogP contribution in [0, 0.1) is 0 Å². The van der Waals surface area contributed by atoms with Crippen LogP contribution in [0.4, 0.5) is 0 Å². The third kappa shape index (κ3) is 3.28. The summed E-state index contributed by atoms with van der Waals surface area (Å²) >= 11 is 5.72. The fourth-order valence-corrected chi connectivity index (χ4v) is 2.29. The number of hydrogen-bond acceptors (Lipinski definition) is 5. The first-order chi connectivity index (χ1) is 10.2. The molecule has 1 saturated heterocycles. The fourth-order valence-electron chi connectivity index (χ4n) is 2.19. The molecular formula is C14H13ClN4O2. The highest BCUT2D eigenvalue weighted by Gasteiger charge is 2.28. The molecule has 2 aromatic rings. The normalized spacial score (nSPS) is 17.8. The molecule has 7 heteroatoms. The Bertz CT molecular complexity index is 621. The van der Waals surface area contributed by atoms with Crippen LogP contribution in [0.15, 0.2) is 36.9 Å². The van der Waals surface area contributed by atoms with Gasteiger partial charge in [-0.25, -0.2) is 9.97 Å². The molecule has 3 heterocycles. The highest BCUT2D eigenvalue weighted by molar-refractivity contribution is 6.30. The fraction of sp³-hybridized carbons (Fsp3) is 0.286. The van der Waals surface area contributed by atoms with Gasteiger partial charge in [0.1, 0.15) is 6.10 Å². The molecule has 0 radical (unpaired) electrons. The third-order valence-electron chi connectivity index (χ3n) is 3.21. The van der Waals surface area contributed by atoms with E-state index in [2.05, 4.69) is 15.0 Å². The summed E-state index contributed by atoms with van der Waals surface area (Å²) < 4.78 is 5.66. The van der Waals surface area contributed by atoms with Gasteiger partial charge in [0.15, 0.2) is 0 Å². The van der Waals surface area contributed by atoms with E-state index in [9.17, 15) is 4.79 Å². The third-order valence-corrected chi connectivity index (χ3v) is 3.40. The zero-order valence-corrected chi connectivity index (χ0v) is 11.9. The number of pyridine rings is 1. The van der Waals surface area contributed by atoms with E-state index in [4.69, 9.17) is 16.3 Å². The van der Waals surface area contributed by atoms with Gasteiger partial charge in [-0.05, 0) is 12.1 Å². The van der Waals surface area contributed by atoms with E-state index < -0.39 is 0 Å². The van der Waals surface area contributed by atoms with Crippen molar-refractivity contribution in [1.29, 1.82) is 0 Å². The second-order valence-corrected chi connectivity index (χ2v) is 5.14. The van der Waals surface area contributed by atoms with Gasteiger partial charge in [-0.15, -0.1) is 0 Å². The van der Waals surface area contributed by atoms with Gasteiger partial charge in [-0.2, -0.15) is 0 Å². The van der Waals surface area contributed by atoms with E-state index in [1.807, 2.05) is 0 Å². The molecule has 1 fully saturated rings. The second kappa shape index (κ2) is 6.05. The zero-order valence-electron chi connectivity index (χ0n) is 11.1. The largest absolute Gasteiger partial charge is 0.458 e. The quantitative estimate of drug-likeness (QED) is 0.865. The predicted molar refractivity (Wildman–Crippen MR) is 76.2 cm³/mol. The summed E-state index contributed by atoms with van der Waals surface area (Å²) in [6.07, 6.45) is 6.82. The molecule has 1 atom stereocenters. The number of rotatable bonds is 3. The Hall–Kier alpha value is -2.21. The van der Waals surface area contributed by atoms with Crippen molar-refractivity contribution in [2.24, 2.45) is 0 Å². The molecular weight excluding hydrogens is 292 g/mol. The van der Waals surface area contributed by atoms with Crippen LogP contribution in [0.2, 0.25) is 5.02 Å². The van der Waals surface area contributed by atoms with Gasteiger partial charge in [0.2, 0.25) is 0 Å². The first-order valence-corrected chi connectivity index (χ1v) is 6.93. The van der Waals surface area contributed by atoms with E-state index in [1.165, 1.54) is 12.4 Å². The Morgan fingerprint density at radius 1 is 1.33 bits per heavy atom. The molecule has 0 bridgehead atoms. The van der Waals surface area contributed by atoms with Crippen LogP contribution in [-0.2, 0) is 0 Å². The van der Waals surface area contributed by atoms with Crippen LogP contribution in [0.25, 0.3) is 0 Å². The van der Waals surface area contributed by atoms with Crippen molar-refractivity contribution in [2.45, 2.75) is 12.5 Å². The average molecular weight is 305 g/mol. The number of carbonyl (C=O) groups excluding carboxylic acids is 1. The predicted octanol–water partition coefficient (Wildman–Crippen LogP) is 1.82. The van der Waals surface area contributed by atoms with E-state index in [-0.39, 0.29) is 18.0 Å². The summed E-state index contributed by atoms with van der Waals surface area (Å²) in [5.41, 5.74) is 0.584. The number of aromatic nitrogens is 3. The van der Waals surface area contributed by atoms with Gasteiger partial charge in [-0.1, -0.05) is 11.6 Å². The standard InChI is InChI=1S/C14H13ClN4O2/c15-11-7-17-14(18-8-11)21-12-3-5-19(9-12)13(20)10-2-1-4-16-6-10/h1-2,4,6-8,12H,3,5,9H2. The smallest absolute Gasteiger partial charge is 0.316 e. The lowest BCUT2D eigenvalue weighted by Gasteiger charge is -2.16. The number of halogens is 1. The monoisotopic (exact) mass is 304 g/mol. The van der Waals surface area contributed by atoms with Gasteiger partial charge in [0, 0.05) is 25.4 Å². The van der Waals surface area contributed by atoms with Gasteiger partial charge >= 0.3 is 6.01 Å². The summed E-state index contributed by atoms with van der Waals surface area (Å²) in [6, 6.07) is 3.78. The first kappa shape index (κ1) is 13.8. The summed E-state index contributed by atoms with van der Waals surface area (Å²) in [5.74, 6) is -0.0359. The maximum atomic E-state index is 12.3. The molecule has 1 unspecified atom stereocenters. The van der Waals surface area contributed by atoms with Gasteiger partial charge in [0.05, 0.1) is 29.5 Å². The highest BCUT2D eigenvalue weighted by atomic mass is 35.5. The molecule has 0 N–H and O–H groups in total. The van der Waals surface area contributed by atoms with Gasteiger partial charge in [0.25, 0.3) is 5.91 Å². The van der Waals surface area contributed by atoms with Crippen molar-refractivity contribution in [2.75, 3.05) is 13.1 Å². The maximum absolute atomic E-state index is 12.3. The van der Waals surface area contributed by atoms with Gasteiger partial charge < -0.3 is 9.64 Å². The van der Waals surface area contributed by atoms with Crippen molar-refractivity contribution in [3.63, 3.8) is 0 Å². The summed E-state index contributed by atoms with van der Waals surface area (Å²) in [5, 5.41) is 0.460. The molecule has 0 aromatic carbocycles. The Morgan fingerprint density at radius 3 is 2.86 bits per heavy atom. The summed E-state index contributed by atoms with van der Waals surface area (Å²) in [6.45, 7) is 1.16. The van der Waals surface area contributed by atoms with Crippen LogP contribution in [-0.4, -0.2) is 45.0 Å². The molecule has 21 heavy (non-hydrogen) atoms. The number of hydrogen-bond donors (Lipinski definition) is 0. The average Bonchev–Trinajstić information content (AvgIpc) is 2.98. The molecule has 0 saturated carbocycles. The minimum absolute atomic E-state index is 0.0359. The second-order valence-electron chi connectivity index (χ2n) is 4.71. The van der Waals surface area contributed by atoms with Crippen LogP contribution in [0.1, 0.15) is 16.8 Å². The molecule has 6 nitrogen and oxygen atoms in total. The number of ether oxygens (including phenoxy) is 1. The van der Waals surface area contributed by atoms with E-state index in [1.54, 1.807) is 29.4 Å². The highest BCUT2D eigenvalue weighted by Crippen LogP contribution is 2.17. The van der Waals surface area contributed by atoms with Crippen molar-refractivity contribution in [3.8, 4) is 6.01 Å². The molecule has 3 rings (SSSR count). The van der Waals surface area contributed by atoms with Crippen LogP contribution >= 0.6 is 11.6 Å². The molecule has 0 spiro atoms. The van der Waals surface area contributed by atoms with Crippen LogP contribution < -0.4 is 4.74 Å². The van der Waals surface area contributed by atoms with E-state index in [0.717, 1.165) is 6.42 Å². The first-order valence-electron chi connectivity index (χ1n) is 6.56. The van der Waals surface area contributed by atoms with Crippen LogP contribution in [0.5, 0.6) is 6.01 Å². The molecule has 108 valence electrons. The lowest BCUT2D eigenvalue weighted by atomic mass is 10.2. The van der Waals surface area contributed by atoms with Crippen LogP contribution in [0.3, 0.4) is 0 Å². The number of amides is 1. The van der Waals surface area contributed by atoms with E-state index in [0.29, 0.717) is 23.7 Å².